The van der Waals surface area contributed by atoms with Gasteiger partial charge in [0.05, 0.1) is 0 Å². The molecule has 2 aromatic rings. The molecule has 4 heteroatoms. The Kier molecular flexibility index (Phi) is 2.28. The standard InChI is InChI=1S/C10H10N2O2/c1-7(13)10-6-9(12-14-10)8-2-4-11-5-3-8/h2-7,13H,1H3. The number of hydrogen-bond donors (Lipinski definition) is 1. The molecule has 0 aromatic carbocycles. The van der Waals surface area contributed by atoms with Crippen molar-refractivity contribution in [2.45, 2.75) is 13.0 Å². The molecule has 2 rings (SSSR count). The molecule has 0 amide bonds. The number of aliphatic hydroxyl groups is 1. The molecule has 2 heterocycles. The van der Waals surface area contributed by atoms with Crippen molar-refractivity contribution in [2.24, 2.45) is 0 Å². The van der Waals surface area contributed by atoms with Crippen LogP contribution in [0.4, 0.5) is 0 Å². The van der Waals surface area contributed by atoms with Gasteiger partial charge in [-0.2, -0.15) is 0 Å². The summed E-state index contributed by atoms with van der Waals surface area (Å²) < 4.78 is 4.96. The highest BCUT2D eigenvalue weighted by Crippen LogP contribution is 2.21. The van der Waals surface area contributed by atoms with Gasteiger partial charge in [0.2, 0.25) is 0 Å². The predicted molar refractivity (Wildman–Crippen MR) is 50.4 cm³/mol. The Labute approximate surface area is 81.2 Å². The summed E-state index contributed by atoms with van der Waals surface area (Å²) >= 11 is 0. The molecule has 0 radical (unpaired) electrons. The minimum atomic E-state index is -0.627. The van der Waals surface area contributed by atoms with Crippen molar-refractivity contribution >= 4 is 0 Å². The van der Waals surface area contributed by atoms with Gasteiger partial charge in [0.15, 0.2) is 5.76 Å². The molecule has 0 bridgehead atoms. The molecule has 0 saturated carbocycles. The van der Waals surface area contributed by atoms with E-state index in [0.717, 1.165) is 5.56 Å². The van der Waals surface area contributed by atoms with Crippen molar-refractivity contribution in [3.8, 4) is 11.3 Å². The normalized spacial score (nSPS) is 12.7. The van der Waals surface area contributed by atoms with Gasteiger partial charge in [-0.3, -0.25) is 4.98 Å². The molecule has 0 aliphatic heterocycles. The molecule has 1 atom stereocenters. The van der Waals surface area contributed by atoms with Crippen molar-refractivity contribution in [1.29, 1.82) is 0 Å². The smallest absolute Gasteiger partial charge is 0.165 e. The van der Waals surface area contributed by atoms with E-state index in [-0.39, 0.29) is 0 Å². The summed E-state index contributed by atoms with van der Waals surface area (Å²) in [5.41, 5.74) is 1.64. The van der Waals surface area contributed by atoms with E-state index < -0.39 is 6.10 Å². The average molecular weight is 190 g/mol. The molecule has 1 unspecified atom stereocenters. The van der Waals surface area contributed by atoms with Crippen LogP contribution in [0.25, 0.3) is 11.3 Å². The van der Waals surface area contributed by atoms with E-state index in [1.807, 2.05) is 12.1 Å². The van der Waals surface area contributed by atoms with Crippen LogP contribution in [-0.4, -0.2) is 15.2 Å². The Morgan fingerprint density at radius 2 is 2.07 bits per heavy atom. The fourth-order valence-corrected chi connectivity index (χ4v) is 1.14. The maximum atomic E-state index is 9.24. The average Bonchev–Trinajstić information content (AvgIpc) is 2.68. The molecular weight excluding hydrogens is 180 g/mol. The van der Waals surface area contributed by atoms with Crippen LogP contribution in [0.1, 0.15) is 18.8 Å². The maximum absolute atomic E-state index is 9.24. The third kappa shape index (κ3) is 1.65. The van der Waals surface area contributed by atoms with Gasteiger partial charge in [0, 0.05) is 24.0 Å². The second-order valence-corrected chi connectivity index (χ2v) is 3.03. The maximum Gasteiger partial charge on any atom is 0.165 e. The van der Waals surface area contributed by atoms with Crippen LogP contribution in [-0.2, 0) is 0 Å². The van der Waals surface area contributed by atoms with Crippen LogP contribution >= 0.6 is 0 Å². The number of pyridine rings is 1. The summed E-state index contributed by atoms with van der Waals surface area (Å²) in [6, 6.07) is 5.40. The third-order valence-electron chi connectivity index (χ3n) is 1.92. The zero-order valence-electron chi connectivity index (χ0n) is 7.71. The highest BCUT2D eigenvalue weighted by molar-refractivity contribution is 5.57. The number of hydrogen-bond acceptors (Lipinski definition) is 4. The zero-order valence-corrected chi connectivity index (χ0v) is 7.71. The minimum absolute atomic E-state index is 0.469. The van der Waals surface area contributed by atoms with Gasteiger partial charge in [0.1, 0.15) is 11.8 Å². The van der Waals surface area contributed by atoms with Crippen LogP contribution in [0.3, 0.4) is 0 Å². The second kappa shape index (κ2) is 3.59. The fourth-order valence-electron chi connectivity index (χ4n) is 1.14. The Morgan fingerprint density at radius 3 is 2.64 bits per heavy atom. The summed E-state index contributed by atoms with van der Waals surface area (Å²) in [7, 11) is 0. The lowest BCUT2D eigenvalue weighted by atomic mass is 10.2. The van der Waals surface area contributed by atoms with E-state index in [0.29, 0.717) is 11.5 Å². The molecule has 0 fully saturated rings. The van der Waals surface area contributed by atoms with Crippen LogP contribution in [0.15, 0.2) is 35.1 Å². The van der Waals surface area contributed by atoms with Gasteiger partial charge in [-0.05, 0) is 19.1 Å². The van der Waals surface area contributed by atoms with Crippen molar-refractivity contribution in [3.63, 3.8) is 0 Å². The first-order valence-electron chi connectivity index (χ1n) is 4.32. The van der Waals surface area contributed by atoms with E-state index in [1.54, 1.807) is 25.4 Å². The van der Waals surface area contributed by atoms with E-state index in [9.17, 15) is 5.11 Å². The monoisotopic (exact) mass is 190 g/mol. The zero-order chi connectivity index (χ0) is 9.97. The first-order chi connectivity index (χ1) is 6.77. The van der Waals surface area contributed by atoms with Crippen LogP contribution in [0, 0.1) is 0 Å². The van der Waals surface area contributed by atoms with Gasteiger partial charge in [0.25, 0.3) is 0 Å². The lowest BCUT2D eigenvalue weighted by Crippen LogP contribution is -1.85. The number of rotatable bonds is 2. The van der Waals surface area contributed by atoms with Crippen molar-refractivity contribution in [3.05, 3.63) is 36.4 Å². The van der Waals surface area contributed by atoms with Crippen LogP contribution in [0.2, 0.25) is 0 Å². The van der Waals surface area contributed by atoms with Crippen LogP contribution in [0.5, 0.6) is 0 Å². The minimum Gasteiger partial charge on any atom is -0.385 e. The third-order valence-corrected chi connectivity index (χ3v) is 1.92. The highest BCUT2D eigenvalue weighted by Gasteiger charge is 2.09. The first-order valence-corrected chi connectivity index (χ1v) is 4.32. The van der Waals surface area contributed by atoms with Gasteiger partial charge >= 0.3 is 0 Å². The molecule has 4 nitrogen and oxygen atoms in total. The van der Waals surface area contributed by atoms with E-state index in [2.05, 4.69) is 10.1 Å². The lowest BCUT2D eigenvalue weighted by molar-refractivity contribution is 0.158. The Balaban J connectivity index is 2.34. The van der Waals surface area contributed by atoms with Gasteiger partial charge in [-0.15, -0.1) is 0 Å². The fraction of sp³-hybridized carbons (Fsp3) is 0.200. The van der Waals surface area contributed by atoms with Crippen molar-refractivity contribution < 1.29 is 9.63 Å². The molecule has 0 aliphatic carbocycles. The quantitative estimate of drug-likeness (QED) is 0.784. The Bertz CT molecular complexity index is 409. The van der Waals surface area contributed by atoms with E-state index >= 15 is 0 Å². The predicted octanol–water partition coefficient (Wildman–Crippen LogP) is 1.79. The Hall–Kier alpha value is -1.68. The molecule has 2 aromatic heterocycles. The van der Waals surface area contributed by atoms with E-state index in [4.69, 9.17) is 4.52 Å². The first kappa shape index (κ1) is 8.90. The molecule has 0 aliphatic rings. The largest absolute Gasteiger partial charge is 0.385 e. The molecule has 1 N–H and O–H groups in total. The molecular formula is C10H10N2O2. The summed E-state index contributed by atoms with van der Waals surface area (Å²) in [6.45, 7) is 1.64. The van der Waals surface area contributed by atoms with E-state index in [1.165, 1.54) is 0 Å². The topological polar surface area (TPSA) is 59.2 Å². The number of aromatic nitrogens is 2. The summed E-state index contributed by atoms with van der Waals surface area (Å²) in [4.78, 5) is 3.91. The summed E-state index contributed by atoms with van der Waals surface area (Å²) in [5.74, 6) is 0.469. The van der Waals surface area contributed by atoms with Gasteiger partial charge in [-0.25, -0.2) is 0 Å². The number of aliphatic hydroxyl groups excluding tert-OH is 1. The molecule has 72 valence electrons. The SMILES string of the molecule is CC(O)c1cc(-c2ccncc2)no1. The molecule has 0 saturated heterocycles. The lowest BCUT2D eigenvalue weighted by Gasteiger charge is -1.93. The van der Waals surface area contributed by atoms with Crippen LogP contribution < -0.4 is 0 Å². The Morgan fingerprint density at radius 1 is 1.36 bits per heavy atom. The number of nitrogens with zero attached hydrogens (tertiary/aromatic N) is 2. The molecule has 0 spiro atoms. The second-order valence-electron chi connectivity index (χ2n) is 3.03. The summed E-state index contributed by atoms with van der Waals surface area (Å²) in [6.07, 6.45) is 2.75. The van der Waals surface area contributed by atoms with Crippen molar-refractivity contribution in [1.82, 2.24) is 10.1 Å². The van der Waals surface area contributed by atoms with Gasteiger partial charge < -0.3 is 9.63 Å². The molecule has 14 heavy (non-hydrogen) atoms. The highest BCUT2D eigenvalue weighted by atomic mass is 16.5. The van der Waals surface area contributed by atoms with Gasteiger partial charge in [-0.1, -0.05) is 5.16 Å². The van der Waals surface area contributed by atoms with Crippen molar-refractivity contribution in [2.75, 3.05) is 0 Å². The summed E-state index contributed by atoms with van der Waals surface area (Å²) in [5, 5.41) is 13.1.